The van der Waals surface area contributed by atoms with Gasteiger partial charge >= 0.3 is 0 Å². The summed E-state index contributed by atoms with van der Waals surface area (Å²) in [5.74, 6) is -0.0462. The highest BCUT2D eigenvalue weighted by molar-refractivity contribution is 9.10. The molecule has 100 valence electrons. The van der Waals surface area contributed by atoms with Gasteiger partial charge in [-0.25, -0.2) is 0 Å². The molecule has 0 aliphatic heterocycles. The van der Waals surface area contributed by atoms with E-state index < -0.39 is 5.54 Å². The number of nitrogens with one attached hydrogen (secondary N) is 1. The van der Waals surface area contributed by atoms with Crippen LogP contribution in [0.4, 0.5) is 0 Å². The predicted octanol–water partition coefficient (Wildman–Crippen LogP) is 2.66. The van der Waals surface area contributed by atoms with E-state index in [1.54, 1.807) is 0 Å². The van der Waals surface area contributed by atoms with Crippen molar-refractivity contribution in [2.24, 2.45) is 0 Å². The van der Waals surface area contributed by atoms with Gasteiger partial charge in [0, 0.05) is 4.47 Å². The number of amides is 1. The normalized spacial score (nSPS) is 11.3. The summed E-state index contributed by atoms with van der Waals surface area (Å²) >= 11 is 3.36. The molecule has 1 rings (SSSR count). The third-order valence-electron chi connectivity index (χ3n) is 3.34. The van der Waals surface area contributed by atoms with E-state index in [0.717, 1.165) is 22.9 Å². The van der Waals surface area contributed by atoms with Gasteiger partial charge in [-0.1, -0.05) is 41.9 Å². The summed E-state index contributed by atoms with van der Waals surface area (Å²) < 4.78 is 0.999. The molecular formula is C14H20BrNO2. The Morgan fingerprint density at radius 3 is 2.28 bits per heavy atom. The molecule has 0 aliphatic carbocycles. The largest absolute Gasteiger partial charge is 0.394 e. The number of benzene rings is 1. The van der Waals surface area contributed by atoms with E-state index in [-0.39, 0.29) is 12.5 Å². The van der Waals surface area contributed by atoms with Gasteiger partial charge in [-0.05, 0) is 30.5 Å². The maximum atomic E-state index is 12.0. The highest BCUT2D eigenvalue weighted by atomic mass is 79.9. The van der Waals surface area contributed by atoms with Crippen molar-refractivity contribution in [1.29, 1.82) is 0 Å². The summed E-state index contributed by atoms with van der Waals surface area (Å²) in [5, 5.41) is 12.3. The second-order valence-corrected chi connectivity index (χ2v) is 5.41. The highest BCUT2D eigenvalue weighted by Crippen LogP contribution is 2.15. The van der Waals surface area contributed by atoms with Gasteiger partial charge in [0.15, 0.2) is 0 Å². The first-order valence-electron chi connectivity index (χ1n) is 6.21. The summed E-state index contributed by atoms with van der Waals surface area (Å²) in [6.07, 6.45) is 1.80. The summed E-state index contributed by atoms with van der Waals surface area (Å²) in [4.78, 5) is 12.0. The zero-order valence-electron chi connectivity index (χ0n) is 10.9. The molecule has 2 N–H and O–H groups in total. The second kappa shape index (κ2) is 6.90. The van der Waals surface area contributed by atoms with Gasteiger partial charge in [0.25, 0.3) is 0 Å². The number of hydrogen-bond acceptors (Lipinski definition) is 2. The molecule has 0 fully saturated rings. The van der Waals surface area contributed by atoms with E-state index in [0.29, 0.717) is 6.42 Å². The molecule has 1 aromatic rings. The quantitative estimate of drug-likeness (QED) is 0.848. The minimum absolute atomic E-state index is 0.0217. The van der Waals surface area contributed by atoms with Crippen LogP contribution < -0.4 is 5.32 Å². The first-order chi connectivity index (χ1) is 8.55. The SMILES string of the molecule is CCC(CC)(CO)NC(=O)Cc1ccc(Br)cc1. The fourth-order valence-electron chi connectivity index (χ4n) is 1.82. The molecule has 0 atom stereocenters. The number of aliphatic hydroxyl groups is 1. The number of carbonyl (C=O) groups is 1. The summed E-state index contributed by atoms with van der Waals surface area (Å²) in [6.45, 7) is 3.92. The van der Waals surface area contributed by atoms with Crippen LogP contribution in [-0.4, -0.2) is 23.2 Å². The molecule has 0 bridgehead atoms. The molecule has 0 heterocycles. The van der Waals surface area contributed by atoms with Gasteiger partial charge < -0.3 is 10.4 Å². The Hall–Kier alpha value is -0.870. The van der Waals surface area contributed by atoms with Crippen LogP contribution in [0.5, 0.6) is 0 Å². The monoisotopic (exact) mass is 313 g/mol. The first kappa shape index (κ1) is 15.2. The van der Waals surface area contributed by atoms with Crippen molar-refractivity contribution in [2.75, 3.05) is 6.61 Å². The third kappa shape index (κ3) is 4.10. The molecule has 18 heavy (non-hydrogen) atoms. The highest BCUT2D eigenvalue weighted by Gasteiger charge is 2.26. The van der Waals surface area contributed by atoms with Gasteiger partial charge in [-0.15, -0.1) is 0 Å². The Balaban J connectivity index is 2.63. The first-order valence-corrected chi connectivity index (χ1v) is 7.01. The van der Waals surface area contributed by atoms with Crippen molar-refractivity contribution >= 4 is 21.8 Å². The molecule has 3 nitrogen and oxygen atoms in total. The Kier molecular flexibility index (Phi) is 5.82. The van der Waals surface area contributed by atoms with Crippen molar-refractivity contribution in [2.45, 2.75) is 38.6 Å². The molecule has 0 unspecified atom stereocenters. The zero-order chi connectivity index (χ0) is 13.6. The van der Waals surface area contributed by atoms with Crippen molar-refractivity contribution in [3.05, 3.63) is 34.3 Å². The molecule has 0 aromatic heterocycles. The molecule has 1 aromatic carbocycles. The van der Waals surface area contributed by atoms with Crippen LogP contribution in [0.3, 0.4) is 0 Å². The van der Waals surface area contributed by atoms with Crippen LogP contribution in [0.1, 0.15) is 32.3 Å². The topological polar surface area (TPSA) is 49.3 Å². The van der Waals surface area contributed by atoms with Gasteiger partial charge in [-0.2, -0.15) is 0 Å². The number of halogens is 1. The Labute approximate surface area is 117 Å². The minimum atomic E-state index is -0.480. The van der Waals surface area contributed by atoms with Crippen molar-refractivity contribution in [3.8, 4) is 0 Å². The van der Waals surface area contributed by atoms with E-state index >= 15 is 0 Å². The van der Waals surface area contributed by atoms with Crippen molar-refractivity contribution in [3.63, 3.8) is 0 Å². The lowest BCUT2D eigenvalue weighted by Crippen LogP contribution is -2.51. The molecule has 0 saturated heterocycles. The molecule has 0 radical (unpaired) electrons. The molecule has 4 heteroatoms. The van der Waals surface area contributed by atoms with Crippen LogP contribution >= 0.6 is 15.9 Å². The molecular weight excluding hydrogens is 294 g/mol. The summed E-state index contributed by atoms with van der Waals surface area (Å²) in [5.41, 5.74) is 0.488. The number of carbonyl (C=O) groups excluding carboxylic acids is 1. The third-order valence-corrected chi connectivity index (χ3v) is 3.87. The Bertz CT molecular complexity index is 377. The lowest BCUT2D eigenvalue weighted by Gasteiger charge is -2.30. The van der Waals surface area contributed by atoms with Crippen LogP contribution in [0.25, 0.3) is 0 Å². The summed E-state index contributed by atoms with van der Waals surface area (Å²) in [7, 11) is 0. The maximum absolute atomic E-state index is 12.0. The van der Waals surface area contributed by atoms with E-state index in [1.165, 1.54) is 0 Å². The Morgan fingerprint density at radius 2 is 1.83 bits per heavy atom. The summed E-state index contributed by atoms with van der Waals surface area (Å²) in [6, 6.07) is 7.67. The number of aliphatic hydroxyl groups excluding tert-OH is 1. The minimum Gasteiger partial charge on any atom is -0.394 e. The molecule has 0 spiro atoms. The van der Waals surface area contributed by atoms with Gasteiger partial charge in [-0.3, -0.25) is 4.79 Å². The zero-order valence-corrected chi connectivity index (χ0v) is 12.5. The van der Waals surface area contributed by atoms with E-state index in [9.17, 15) is 9.90 Å². The lowest BCUT2D eigenvalue weighted by molar-refractivity contribution is -0.123. The van der Waals surface area contributed by atoms with E-state index in [2.05, 4.69) is 21.2 Å². The second-order valence-electron chi connectivity index (χ2n) is 4.50. The van der Waals surface area contributed by atoms with Crippen molar-refractivity contribution < 1.29 is 9.90 Å². The fourth-order valence-corrected chi connectivity index (χ4v) is 2.08. The lowest BCUT2D eigenvalue weighted by atomic mass is 9.93. The van der Waals surface area contributed by atoms with Crippen LogP contribution in [0.15, 0.2) is 28.7 Å². The average Bonchev–Trinajstić information content (AvgIpc) is 2.39. The average molecular weight is 314 g/mol. The molecule has 0 aliphatic rings. The standard InChI is InChI=1S/C14H20BrNO2/c1-3-14(4-2,10-17)16-13(18)9-11-5-7-12(15)8-6-11/h5-8,17H,3-4,9-10H2,1-2H3,(H,16,18). The maximum Gasteiger partial charge on any atom is 0.224 e. The Morgan fingerprint density at radius 1 is 1.28 bits per heavy atom. The smallest absolute Gasteiger partial charge is 0.224 e. The van der Waals surface area contributed by atoms with E-state index in [1.807, 2.05) is 38.1 Å². The van der Waals surface area contributed by atoms with Crippen LogP contribution in [0.2, 0.25) is 0 Å². The molecule has 0 saturated carbocycles. The van der Waals surface area contributed by atoms with Gasteiger partial charge in [0.1, 0.15) is 0 Å². The number of hydrogen-bond donors (Lipinski definition) is 2. The number of rotatable bonds is 6. The van der Waals surface area contributed by atoms with Crippen LogP contribution in [-0.2, 0) is 11.2 Å². The van der Waals surface area contributed by atoms with E-state index in [4.69, 9.17) is 0 Å². The van der Waals surface area contributed by atoms with Gasteiger partial charge in [0.2, 0.25) is 5.91 Å². The van der Waals surface area contributed by atoms with Crippen molar-refractivity contribution in [1.82, 2.24) is 5.32 Å². The molecule has 1 amide bonds. The fraction of sp³-hybridized carbons (Fsp3) is 0.500. The van der Waals surface area contributed by atoms with Crippen LogP contribution in [0, 0.1) is 0 Å². The van der Waals surface area contributed by atoms with Gasteiger partial charge in [0.05, 0.1) is 18.6 Å². The predicted molar refractivity (Wildman–Crippen MR) is 76.4 cm³/mol.